The van der Waals surface area contributed by atoms with Gasteiger partial charge in [0.05, 0.1) is 35.5 Å². The van der Waals surface area contributed by atoms with Crippen LogP contribution in [0.1, 0.15) is 26.3 Å². The Bertz CT molecular complexity index is 904. The number of nitrogens with one attached hydrogen (secondary N) is 2. The summed E-state index contributed by atoms with van der Waals surface area (Å²) < 4.78 is 11.5. The molecule has 0 amide bonds. The molecule has 27 heavy (non-hydrogen) atoms. The topological polar surface area (TPSA) is 71.5 Å². The molecule has 0 bridgehead atoms. The zero-order valence-corrected chi connectivity index (χ0v) is 16.4. The van der Waals surface area contributed by atoms with Gasteiger partial charge in [-0.1, -0.05) is 37.6 Å². The third-order valence-electron chi connectivity index (χ3n) is 3.67. The summed E-state index contributed by atoms with van der Waals surface area (Å²) in [6.07, 6.45) is 1.66. The number of fused-ring (bicyclic) bond motifs is 1. The van der Waals surface area contributed by atoms with Gasteiger partial charge in [0.1, 0.15) is 0 Å². The van der Waals surface area contributed by atoms with Crippen LogP contribution < -0.4 is 14.9 Å². The average Bonchev–Trinajstić information content (AvgIpc) is 3.04. The van der Waals surface area contributed by atoms with E-state index in [1.54, 1.807) is 12.3 Å². The predicted octanol–water partition coefficient (Wildman–Crippen LogP) is 5.10. The number of ether oxygens (including phenoxy) is 2. The van der Waals surface area contributed by atoms with Crippen molar-refractivity contribution in [3.8, 4) is 11.5 Å². The Morgan fingerprint density at radius 2 is 2.07 bits per heavy atom. The van der Waals surface area contributed by atoms with Crippen molar-refractivity contribution in [3.63, 3.8) is 0 Å². The summed E-state index contributed by atoms with van der Waals surface area (Å²) in [6.45, 7) is 7.18. The molecule has 0 aliphatic heterocycles. The van der Waals surface area contributed by atoms with Gasteiger partial charge in [-0.25, -0.2) is 10.4 Å². The molecule has 0 radical (unpaired) electrons. The molecule has 1 heterocycles. The van der Waals surface area contributed by atoms with E-state index in [0.29, 0.717) is 41.6 Å². The first-order chi connectivity index (χ1) is 13.1. The summed E-state index contributed by atoms with van der Waals surface area (Å²) in [5.41, 5.74) is 5.52. The van der Waals surface area contributed by atoms with Gasteiger partial charge in [-0.2, -0.15) is 5.10 Å². The number of hydrogen-bond donors (Lipinski definition) is 2. The summed E-state index contributed by atoms with van der Waals surface area (Å²) in [7, 11) is 0. The van der Waals surface area contributed by atoms with Crippen LogP contribution in [0.2, 0.25) is 5.02 Å². The molecule has 6 nitrogen and oxygen atoms in total. The summed E-state index contributed by atoms with van der Waals surface area (Å²) in [4.78, 5) is 7.57. The van der Waals surface area contributed by atoms with Crippen LogP contribution in [0.3, 0.4) is 0 Å². The lowest BCUT2D eigenvalue weighted by Crippen LogP contribution is -2.07. The smallest absolute Gasteiger partial charge is 0.222 e. The highest BCUT2D eigenvalue weighted by molar-refractivity contribution is 6.32. The highest BCUT2D eigenvalue weighted by Gasteiger charge is 2.13. The van der Waals surface area contributed by atoms with Gasteiger partial charge in [-0.05, 0) is 42.7 Å². The molecule has 3 rings (SSSR count). The Morgan fingerprint density at radius 1 is 1.26 bits per heavy atom. The van der Waals surface area contributed by atoms with Gasteiger partial charge in [0.25, 0.3) is 0 Å². The third-order valence-corrected chi connectivity index (χ3v) is 3.95. The lowest BCUT2D eigenvalue weighted by Gasteiger charge is -2.15. The number of benzene rings is 2. The molecule has 0 unspecified atom stereocenters. The summed E-state index contributed by atoms with van der Waals surface area (Å²) >= 11 is 6.40. The molecular formula is C20H23ClN4O2. The van der Waals surface area contributed by atoms with Crippen LogP contribution in [0, 0.1) is 5.92 Å². The lowest BCUT2D eigenvalue weighted by atomic mass is 10.2. The molecule has 0 aliphatic rings. The number of imidazole rings is 1. The van der Waals surface area contributed by atoms with Gasteiger partial charge >= 0.3 is 0 Å². The van der Waals surface area contributed by atoms with Crippen molar-refractivity contribution in [1.29, 1.82) is 0 Å². The number of nitrogens with zero attached hydrogens (tertiary/aromatic N) is 2. The number of rotatable bonds is 8. The number of hydrazone groups is 1. The largest absolute Gasteiger partial charge is 0.490 e. The van der Waals surface area contributed by atoms with Crippen LogP contribution in [0.5, 0.6) is 11.5 Å². The minimum absolute atomic E-state index is 0.393. The zero-order chi connectivity index (χ0) is 19.2. The lowest BCUT2D eigenvalue weighted by molar-refractivity contribution is 0.248. The molecule has 7 heteroatoms. The van der Waals surface area contributed by atoms with E-state index in [9.17, 15) is 0 Å². The van der Waals surface area contributed by atoms with Crippen molar-refractivity contribution in [2.45, 2.75) is 20.8 Å². The maximum Gasteiger partial charge on any atom is 0.222 e. The third kappa shape index (κ3) is 4.92. The van der Waals surface area contributed by atoms with Crippen LogP contribution in [-0.4, -0.2) is 29.4 Å². The average molecular weight is 387 g/mol. The monoisotopic (exact) mass is 386 g/mol. The van der Waals surface area contributed by atoms with E-state index >= 15 is 0 Å². The normalized spacial score (nSPS) is 11.4. The maximum atomic E-state index is 6.40. The molecule has 0 spiro atoms. The van der Waals surface area contributed by atoms with E-state index in [-0.39, 0.29) is 0 Å². The van der Waals surface area contributed by atoms with Crippen LogP contribution in [0.25, 0.3) is 11.0 Å². The van der Waals surface area contributed by atoms with Crippen molar-refractivity contribution < 1.29 is 9.47 Å². The van der Waals surface area contributed by atoms with Gasteiger partial charge < -0.3 is 14.5 Å². The Kier molecular flexibility index (Phi) is 6.19. The molecule has 2 N–H and O–H groups in total. The number of aromatic nitrogens is 2. The van der Waals surface area contributed by atoms with Gasteiger partial charge in [-0.3, -0.25) is 0 Å². The molecule has 142 valence electrons. The molecular weight excluding hydrogens is 364 g/mol. The second-order valence-electron chi connectivity index (χ2n) is 6.44. The summed E-state index contributed by atoms with van der Waals surface area (Å²) in [6, 6.07) is 11.4. The number of H-pyrrole nitrogens is 1. The fourth-order valence-corrected chi connectivity index (χ4v) is 2.76. The molecule has 0 atom stereocenters. The van der Waals surface area contributed by atoms with Crippen LogP contribution in [-0.2, 0) is 0 Å². The summed E-state index contributed by atoms with van der Waals surface area (Å²) in [5, 5.41) is 4.72. The van der Waals surface area contributed by atoms with Crippen LogP contribution in [0.4, 0.5) is 5.95 Å². The highest BCUT2D eigenvalue weighted by Crippen LogP contribution is 2.36. The Labute approximate surface area is 163 Å². The van der Waals surface area contributed by atoms with Crippen LogP contribution >= 0.6 is 11.6 Å². The van der Waals surface area contributed by atoms with Crippen molar-refractivity contribution in [2.24, 2.45) is 11.0 Å². The minimum Gasteiger partial charge on any atom is -0.490 e. The van der Waals surface area contributed by atoms with Crippen molar-refractivity contribution >= 4 is 34.8 Å². The Hall–Kier alpha value is -2.73. The number of anilines is 1. The van der Waals surface area contributed by atoms with Crippen LogP contribution in [0.15, 0.2) is 41.5 Å². The van der Waals surface area contributed by atoms with Crippen molar-refractivity contribution in [1.82, 2.24) is 9.97 Å². The fourth-order valence-electron chi connectivity index (χ4n) is 2.49. The first-order valence-corrected chi connectivity index (χ1v) is 9.27. The van der Waals surface area contributed by atoms with Gasteiger partial charge in [0.2, 0.25) is 5.95 Å². The van der Waals surface area contributed by atoms with Gasteiger partial charge in [0, 0.05) is 0 Å². The molecule has 0 aliphatic carbocycles. The molecule has 2 aromatic carbocycles. The summed E-state index contributed by atoms with van der Waals surface area (Å²) in [5.74, 6) is 2.13. The second kappa shape index (κ2) is 8.77. The van der Waals surface area contributed by atoms with Gasteiger partial charge in [0.15, 0.2) is 11.5 Å². The van der Waals surface area contributed by atoms with E-state index in [0.717, 1.165) is 16.6 Å². The van der Waals surface area contributed by atoms with E-state index in [1.807, 2.05) is 37.3 Å². The second-order valence-corrected chi connectivity index (χ2v) is 6.85. The maximum absolute atomic E-state index is 6.40. The van der Waals surface area contributed by atoms with E-state index < -0.39 is 0 Å². The highest BCUT2D eigenvalue weighted by atomic mass is 35.5. The quantitative estimate of drug-likeness (QED) is 0.417. The Balaban J connectivity index is 1.76. The minimum atomic E-state index is 0.393. The zero-order valence-electron chi connectivity index (χ0n) is 15.6. The molecule has 1 aromatic heterocycles. The molecule has 0 saturated heterocycles. The van der Waals surface area contributed by atoms with E-state index in [1.165, 1.54) is 0 Å². The molecule has 3 aromatic rings. The van der Waals surface area contributed by atoms with E-state index in [2.05, 4.69) is 34.3 Å². The molecule has 0 fully saturated rings. The van der Waals surface area contributed by atoms with Gasteiger partial charge in [-0.15, -0.1) is 0 Å². The van der Waals surface area contributed by atoms with Crippen molar-refractivity contribution in [2.75, 3.05) is 18.6 Å². The number of para-hydroxylation sites is 2. The first-order valence-electron chi connectivity index (χ1n) is 8.89. The number of hydrogen-bond acceptors (Lipinski definition) is 5. The van der Waals surface area contributed by atoms with E-state index in [4.69, 9.17) is 21.1 Å². The fraction of sp³-hybridized carbons (Fsp3) is 0.300. The SMILES string of the molecule is CCOc1cc(/C=N\Nc2nc3ccccc3[nH]2)cc(Cl)c1OCC(C)C. The first kappa shape index (κ1) is 19.0. The van der Waals surface area contributed by atoms with Crippen molar-refractivity contribution in [3.05, 3.63) is 47.0 Å². The number of aromatic amines is 1. The predicted molar refractivity (Wildman–Crippen MR) is 110 cm³/mol. The Morgan fingerprint density at radius 3 is 2.81 bits per heavy atom. The molecule has 0 saturated carbocycles. The number of halogens is 1. The standard InChI is InChI=1S/C20H23ClN4O2/c1-4-26-18-10-14(9-15(21)19(18)27-12-13(2)3)11-22-25-20-23-16-7-5-6-8-17(16)24-20/h5-11,13H,4,12H2,1-3H3,(H2,23,24,25)/b22-11-.